The quantitative estimate of drug-likeness (QED) is 0.924. The first-order chi connectivity index (χ1) is 8.56. The molecule has 0 saturated carbocycles. The zero-order valence-electron chi connectivity index (χ0n) is 9.76. The maximum absolute atomic E-state index is 11.9. The lowest BCUT2D eigenvalue weighted by molar-refractivity contribution is -0.141. The second-order valence-corrected chi connectivity index (χ2v) is 5.83. The number of carbonyl (C=O) groups excluding carboxylic acids is 1. The minimum Gasteiger partial charge on any atom is -0.481 e. The number of hydrogen-bond acceptors (Lipinski definition) is 3. The molecule has 1 aromatic rings. The third-order valence-electron chi connectivity index (χ3n) is 3.10. The van der Waals surface area contributed by atoms with Crippen LogP contribution in [0.25, 0.3) is 0 Å². The van der Waals surface area contributed by atoms with E-state index in [1.54, 1.807) is 16.2 Å². The monoisotopic (exact) mass is 287 g/mol. The van der Waals surface area contributed by atoms with E-state index >= 15 is 0 Å². The summed E-state index contributed by atoms with van der Waals surface area (Å²) in [6.07, 6.45) is 1.65. The van der Waals surface area contributed by atoms with Crippen molar-refractivity contribution in [2.45, 2.75) is 19.3 Å². The lowest BCUT2D eigenvalue weighted by Gasteiger charge is -2.15. The Bertz CT molecular complexity index is 460. The number of hydrogen-bond donors (Lipinski definition) is 1. The highest BCUT2D eigenvalue weighted by atomic mass is 35.5. The Kier molecular flexibility index (Phi) is 4.24. The number of carbonyl (C=O) groups is 2. The van der Waals surface area contributed by atoms with Crippen molar-refractivity contribution in [3.05, 3.63) is 21.3 Å². The molecule has 6 heteroatoms. The van der Waals surface area contributed by atoms with E-state index in [2.05, 4.69) is 0 Å². The van der Waals surface area contributed by atoms with Crippen LogP contribution in [0.2, 0.25) is 5.02 Å². The minimum absolute atomic E-state index is 0.0308. The van der Waals surface area contributed by atoms with Crippen LogP contribution in [0.5, 0.6) is 0 Å². The van der Waals surface area contributed by atoms with Gasteiger partial charge in [0, 0.05) is 29.8 Å². The van der Waals surface area contributed by atoms with Crippen LogP contribution in [-0.2, 0) is 16.0 Å². The summed E-state index contributed by atoms with van der Waals surface area (Å²) in [5.41, 5.74) is 0. The average molecular weight is 288 g/mol. The summed E-state index contributed by atoms with van der Waals surface area (Å²) in [7, 11) is 0. The summed E-state index contributed by atoms with van der Waals surface area (Å²) < 4.78 is 0. The van der Waals surface area contributed by atoms with Crippen LogP contribution in [0, 0.1) is 5.92 Å². The zero-order valence-corrected chi connectivity index (χ0v) is 11.3. The Labute approximate surface area is 114 Å². The van der Waals surface area contributed by atoms with Crippen molar-refractivity contribution in [2.24, 2.45) is 5.92 Å². The van der Waals surface area contributed by atoms with Gasteiger partial charge in [-0.15, -0.1) is 11.3 Å². The van der Waals surface area contributed by atoms with Crippen LogP contribution in [0.3, 0.4) is 0 Å². The van der Waals surface area contributed by atoms with Crippen molar-refractivity contribution in [3.63, 3.8) is 0 Å². The van der Waals surface area contributed by atoms with E-state index in [1.807, 2.05) is 11.4 Å². The minimum atomic E-state index is -0.810. The molecule has 1 atom stereocenters. The van der Waals surface area contributed by atoms with Gasteiger partial charge in [-0.3, -0.25) is 9.59 Å². The number of carboxylic acids is 1. The molecule has 18 heavy (non-hydrogen) atoms. The van der Waals surface area contributed by atoms with E-state index < -0.39 is 11.9 Å². The first-order valence-electron chi connectivity index (χ1n) is 5.80. The molecular formula is C12H14ClNO3S. The Morgan fingerprint density at radius 1 is 1.56 bits per heavy atom. The summed E-state index contributed by atoms with van der Waals surface area (Å²) in [5.74, 6) is -1.18. The second kappa shape index (κ2) is 5.71. The molecule has 1 N–H and O–H groups in total. The molecule has 0 aliphatic carbocycles. The van der Waals surface area contributed by atoms with Gasteiger partial charge in [0.1, 0.15) is 0 Å². The van der Waals surface area contributed by atoms with Crippen molar-refractivity contribution in [3.8, 4) is 0 Å². The molecule has 2 heterocycles. The molecule has 0 aromatic carbocycles. The van der Waals surface area contributed by atoms with Gasteiger partial charge >= 0.3 is 5.97 Å². The molecule has 1 aromatic heterocycles. The van der Waals surface area contributed by atoms with Gasteiger partial charge in [-0.2, -0.15) is 0 Å². The predicted molar refractivity (Wildman–Crippen MR) is 70.0 cm³/mol. The first-order valence-corrected chi connectivity index (χ1v) is 7.05. The second-order valence-electron chi connectivity index (χ2n) is 4.39. The molecule has 1 aliphatic heterocycles. The lowest BCUT2D eigenvalue weighted by Crippen LogP contribution is -2.30. The highest BCUT2D eigenvalue weighted by Gasteiger charge is 2.30. The predicted octanol–water partition coefficient (Wildman–Crippen LogP) is 2.27. The topological polar surface area (TPSA) is 57.6 Å². The Balaban J connectivity index is 1.80. The van der Waals surface area contributed by atoms with E-state index in [-0.39, 0.29) is 5.91 Å². The highest BCUT2D eigenvalue weighted by Crippen LogP contribution is 2.22. The Morgan fingerprint density at radius 2 is 2.33 bits per heavy atom. The third-order valence-corrected chi connectivity index (χ3v) is 4.44. The molecule has 98 valence electrons. The van der Waals surface area contributed by atoms with E-state index in [9.17, 15) is 9.59 Å². The molecule has 1 amide bonds. The van der Waals surface area contributed by atoms with Gasteiger partial charge in [0.25, 0.3) is 0 Å². The fourth-order valence-corrected chi connectivity index (χ4v) is 3.14. The third kappa shape index (κ3) is 3.23. The zero-order chi connectivity index (χ0) is 13.1. The van der Waals surface area contributed by atoms with Gasteiger partial charge in [0.2, 0.25) is 5.91 Å². The number of halogens is 1. The molecule has 0 bridgehead atoms. The van der Waals surface area contributed by atoms with Gasteiger partial charge in [0.05, 0.1) is 10.9 Å². The van der Waals surface area contributed by atoms with Gasteiger partial charge in [-0.1, -0.05) is 11.6 Å². The highest BCUT2D eigenvalue weighted by molar-refractivity contribution is 7.10. The van der Waals surface area contributed by atoms with Crippen molar-refractivity contribution < 1.29 is 14.7 Å². The number of aryl methyl sites for hydroxylation is 1. The molecule has 0 spiro atoms. The van der Waals surface area contributed by atoms with Gasteiger partial charge in [-0.25, -0.2) is 0 Å². The number of nitrogens with zero attached hydrogens (tertiary/aromatic N) is 1. The number of likely N-dealkylation sites (tertiary alicyclic amines) is 1. The van der Waals surface area contributed by atoms with E-state index in [0.29, 0.717) is 37.4 Å². The van der Waals surface area contributed by atoms with E-state index in [1.165, 1.54) is 0 Å². The fraction of sp³-hybridized carbons (Fsp3) is 0.500. The van der Waals surface area contributed by atoms with Crippen LogP contribution in [-0.4, -0.2) is 35.0 Å². The largest absolute Gasteiger partial charge is 0.481 e. The van der Waals surface area contributed by atoms with E-state index in [4.69, 9.17) is 16.7 Å². The summed E-state index contributed by atoms with van der Waals surface area (Å²) in [6, 6.07) is 1.86. The van der Waals surface area contributed by atoms with Gasteiger partial charge in [-0.05, 0) is 18.9 Å². The first kappa shape index (κ1) is 13.4. The van der Waals surface area contributed by atoms with Gasteiger partial charge in [0.15, 0.2) is 0 Å². The maximum Gasteiger partial charge on any atom is 0.308 e. The van der Waals surface area contributed by atoms with Crippen molar-refractivity contribution >= 4 is 34.8 Å². The normalized spacial score (nSPS) is 19.2. The van der Waals surface area contributed by atoms with Gasteiger partial charge < -0.3 is 10.0 Å². The van der Waals surface area contributed by atoms with Crippen LogP contribution in [0.1, 0.15) is 17.7 Å². The Hall–Kier alpha value is -1.07. The summed E-state index contributed by atoms with van der Waals surface area (Å²) in [6.45, 7) is 0.903. The molecule has 2 rings (SSSR count). The number of rotatable bonds is 4. The number of aliphatic carboxylic acids is 1. The van der Waals surface area contributed by atoms with Crippen LogP contribution in [0.15, 0.2) is 11.4 Å². The number of carboxylic acid groups (broad SMARTS) is 1. The van der Waals surface area contributed by atoms with E-state index in [0.717, 1.165) is 4.88 Å². The summed E-state index contributed by atoms with van der Waals surface area (Å²) in [5, 5.41) is 11.4. The fourth-order valence-electron chi connectivity index (χ4n) is 2.06. The number of thiophene rings is 1. The molecule has 1 saturated heterocycles. The molecule has 1 aliphatic rings. The maximum atomic E-state index is 11.9. The van der Waals surface area contributed by atoms with Crippen molar-refractivity contribution in [2.75, 3.05) is 13.1 Å². The number of amides is 1. The van der Waals surface area contributed by atoms with Crippen molar-refractivity contribution in [1.82, 2.24) is 4.90 Å². The summed E-state index contributed by atoms with van der Waals surface area (Å²) in [4.78, 5) is 25.4. The van der Waals surface area contributed by atoms with Crippen molar-refractivity contribution in [1.29, 1.82) is 0 Å². The van der Waals surface area contributed by atoms with Crippen LogP contribution < -0.4 is 0 Å². The SMILES string of the molecule is O=C(O)C1CCN(C(=O)CCc2cc(Cl)cs2)C1. The average Bonchev–Trinajstić information content (AvgIpc) is 2.94. The molecular weight excluding hydrogens is 274 g/mol. The standard InChI is InChI=1S/C12H14ClNO3S/c13-9-5-10(18-7-9)1-2-11(15)14-4-3-8(6-14)12(16)17/h5,7-8H,1-4,6H2,(H,16,17). The summed E-state index contributed by atoms with van der Waals surface area (Å²) >= 11 is 7.35. The van der Waals surface area contributed by atoms with Crippen LogP contribution in [0.4, 0.5) is 0 Å². The molecule has 0 radical (unpaired) electrons. The smallest absolute Gasteiger partial charge is 0.308 e. The molecule has 1 fully saturated rings. The molecule has 1 unspecified atom stereocenters. The Morgan fingerprint density at radius 3 is 2.89 bits per heavy atom. The lowest BCUT2D eigenvalue weighted by atomic mass is 10.1. The van der Waals surface area contributed by atoms with Crippen LogP contribution >= 0.6 is 22.9 Å². The molecule has 4 nitrogen and oxygen atoms in total.